The van der Waals surface area contributed by atoms with Gasteiger partial charge in [0, 0.05) is 24.0 Å². The number of aromatic nitrogens is 1. The summed E-state index contributed by atoms with van der Waals surface area (Å²) in [4.78, 5) is 19.2. The van der Waals surface area contributed by atoms with Gasteiger partial charge in [0.05, 0.1) is 11.2 Å². The summed E-state index contributed by atoms with van der Waals surface area (Å²) < 4.78 is 11.8. The lowest BCUT2D eigenvalue weighted by Crippen LogP contribution is -2.38. The van der Waals surface area contributed by atoms with E-state index in [0.717, 1.165) is 71.4 Å². The van der Waals surface area contributed by atoms with Gasteiger partial charge >= 0.3 is 6.09 Å². The summed E-state index contributed by atoms with van der Waals surface area (Å²) in [7, 11) is 0. The predicted octanol–water partition coefficient (Wildman–Crippen LogP) is 7.57. The van der Waals surface area contributed by atoms with Crippen LogP contribution in [-0.2, 0) is 18.0 Å². The highest BCUT2D eigenvalue weighted by molar-refractivity contribution is 5.88. The van der Waals surface area contributed by atoms with Crippen LogP contribution in [-0.4, -0.2) is 29.1 Å². The summed E-state index contributed by atoms with van der Waals surface area (Å²) in [5.41, 5.74) is 5.07. The van der Waals surface area contributed by atoms with E-state index in [9.17, 15) is 4.79 Å². The van der Waals surface area contributed by atoms with Gasteiger partial charge in [-0.2, -0.15) is 0 Å². The van der Waals surface area contributed by atoms with Crippen LogP contribution < -0.4 is 4.74 Å². The molecule has 1 aliphatic rings. The molecule has 1 saturated heterocycles. The Labute approximate surface area is 224 Å². The van der Waals surface area contributed by atoms with E-state index in [1.807, 2.05) is 71.6 Å². The minimum Gasteiger partial charge on any atom is -0.488 e. The van der Waals surface area contributed by atoms with Crippen LogP contribution in [0.5, 0.6) is 5.75 Å². The van der Waals surface area contributed by atoms with Crippen LogP contribution in [0.15, 0.2) is 91.0 Å². The minimum atomic E-state index is -0.220. The molecule has 2 heterocycles. The van der Waals surface area contributed by atoms with Crippen molar-refractivity contribution in [2.75, 3.05) is 13.1 Å². The van der Waals surface area contributed by atoms with Crippen LogP contribution in [0, 0.1) is 12.8 Å². The molecule has 0 N–H and O–H groups in total. The fourth-order valence-electron chi connectivity index (χ4n) is 4.91. The maximum absolute atomic E-state index is 12.5. The molecule has 5 heteroatoms. The largest absolute Gasteiger partial charge is 0.488 e. The van der Waals surface area contributed by atoms with Crippen molar-refractivity contribution in [1.29, 1.82) is 0 Å². The van der Waals surface area contributed by atoms with Crippen molar-refractivity contribution in [3.8, 4) is 5.75 Å². The zero-order valence-electron chi connectivity index (χ0n) is 21.9. The molecule has 0 aliphatic carbocycles. The Bertz CT molecular complexity index is 1380. The zero-order valence-corrected chi connectivity index (χ0v) is 21.9. The smallest absolute Gasteiger partial charge is 0.410 e. The van der Waals surface area contributed by atoms with E-state index in [0.29, 0.717) is 19.1 Å². The quantitative estimate of drug-likeness (QED) is 0.247. The number of rotatable bonds is 8. The third-order valence-electron chi connectivity index (χ3n) is 7.16. The normalized spacial score (nSPS) is 14.2. The van der Waals surface area contributed by atoms with Crippen LogP contribution in [0.25, 0.3) is 17.0 Å². The molecule has 194 valence electrons. The lowest BCUT2D eigenvalue weighted by molar-refractivity contribution is 0.0825. The molecule has 1 aromatic heterocycles. The van der Waals surface area contributed by atoms with Gasteiger partial charge in [-0.1, -0.05) is 78.9 Å². The molecular weight excluding hydrogens is 472 g/mol. The van der Waals surface area contributed by atoms with E-state index in [2.05, 4.69) is 37.3 Å². The Morgan fingerprint density at radius 2 is 1.53 bits per heavy atom. The standard InChI is InChI=1S/C33H34N2O3/c1-25-30(34-31-17-9-8-16-29(31)32(25)37-23-27-11-4-2-5-12-27)18-10-15-26-19-21-35(22-20-26)33(36)38-24-28-13-6-3-7-14-28/h2-14,16-18,26H,15,19-24H2,1H3. The number of hydrogen-bond acceptors (Lipinski definition) is 4. The molecule has 1 aliphatic heterocycles. The molecule has 5 nitrogen and oxygen atoms in total. The number of benzene rings is 3. The van der Waals surface area contributed by atoms with Crippen molar-refractivity contribution in [1.82, 2.24) is 9.88 Å². The number of para-hydroxylation sites is 1. The Kier molecular flexibility index (Phi) is 8.34. The van der Waals surface area contributed by atoms with Crippen LogP contribution in [0.2, 0.25) is 0 Å². The number of amides is 1. The molecule has 1 amide bonds. The molecule has 0 atom stereocenters. The fraction of sp³-hybridized carbons (Fsp3) is 0.273. The molecule has 1 fully saturated rings. The molecular formula is C33H34N2O3. The fourth-order valence-corrected chi connectivity index (χ4v) is 4.91. The van der Waals surface area contributed by atoms with E-state index in [-0.39, 0.29) is 6.09 Å². The molecule has 0 radical (unpaired) electrons. The molecule has 0 bridgehead atoms. The lowest BCUT2D eigenvalue weighted by Gasteiger charge is -2.30. The SMILES string of the molecule is Cc1c(C=CCC2CCN(C(=O)OCc3ccccc3)CC2)nc2ccccc2c1OCc1ccccc1. The number of carbonyl (C=O) groups is 1. The van der Waals surface area contributed by atoms with Crippen LogP contribution >= 0.6 is 0 Å². The van der Waals surface area contributed by atoms with Crippen LogP contribution in [0.4, 0.5) is 4.79 Å². The van der Waals surface area contributed by atoms with Gasteiger partial charge in [0.25, 0.3) is 0 Å². The summed E-state index contributed by atoms with van der Waals surface area (Å²) in [5.74, 6) is 1.43. The third kappa shape index (κ3) is 6.41. The summed E-state index contributed by atoms with van der Waals surface area (Å²) in [6.07, 6.45) is 7.03. The second-order valence-electron chi connectivity index (χ2n) is 9.85. The Balaban J connectivity index is 1.18. The number of hydrogen-bond donors (Lipinski definition) is 0. The van der Waals surface area contributed by atoms with E-state index in [1.54, 1.807) is 0 Å². The molecule has 38 heavy (non-hydrogen) atoms. The number of carbonyl (C=O) groups excluding carboxylic acids is 1. The maximum atomic E-state index is 12.5. The monoisotopic (exact) mass is 506 g/mol. The van der Waals surface area contributed by atoms with Gasteiger partial charge in [0.1, 0.15) is 19.0 Å². The molecule has 4 aromatic rings. The first-order valence-electron chi connectivity index (χ1n) is 13.4. The van der Waals surface area contributed by atoms with Gasteiger partial charge in [-0.15, -0.1) is 0 Å². The number of likely N-dealkylation sites (tertiary alicyclic amines) is 1. The summed E-state index contributed by atoms with van der Waals surface area (Å²) in [5, 5.41) is 1.03. The number of ether oxygens (including phenoxy) is 2. The van der Waals surface area contributed by atoms with Crippen molar-refractivity contribution < 1.29 is 14.3 Å². The first kappa shape index (κ1) is 25.5. The summed E-state index contributed by atoms with van der Waals surface area (Å²) in [6, 6.07) is 28.2. The van der Waals surface area contributed by atoms with Crippen molar-refractivity contribution in [3.63, 3.8) is 0 Å². The van der Waals surface area contributed by atoms with Gasteiger partial charge in [-0.05, 0) is 61.4 Å². The number of pyridine rings is 1. The lowest BCUT2D eigenvalue weighted by atomic mass is 9.93. The topological polar surface area (TPSA) is 51.7 Å². The highest BCUT2D eigenvalue weighted by atomic mass is 16.6. The van der Waals surface area contributed by atoms with Crippen molar-refractivity contribution in [2.45, 2.75) is 39.4 Å². The summed E-state index contributed by atoms with van der Waals surface area (Å²) in [6.45, 7) is 4.38. The van der Waals surface area contributed by atoms with E-state index in [4.69, 9.17) is 14.5 Å². The summed E-state index contributed by atoms with van der Waals surface area (Å²) >= 11 is 0. The second kappa shape index (κ2) is 12.4. The predicted molar refractivity (Wildman–Crippen MR) is 152 cm³/mol. The third-order valence-corrected chi connectivity index (χ3v) is 7.16. The van der Waals surface area contributed by atoms with E-state index in [1.165, 1.54) is 0 Å². The van der Waals surface area contributed by atoms with Crippen molar-refractivity contribution in [2.24, 2.45) is 5.92 Å². The number of piperidine rings is 1. The van der Waals surface area contributed by atoms with Crippen LogP contribution in [0.3, 0.4) is 0 Å². The zero-order chi connectivity index (χ0) is 26.2. The Hall–Kier alpha value is -4.12. The van der Waals surface area contributed by atoms with E-state index >= 15 is 0 Å². The highest BCUT2D eigenvalue weighted by Gasteiger charge is 2.23. The number of nitrogens with zero attached hydrogens (tertiary/aromatic N) is 2. The molecule has 5 rings (SSSR count). The molecule has 0 saturated carbocycles. The van der Waals surface area contributed by atoms with Gasteiger partial charge in [-0.25, -0.2) is 9.78 Å². The molecule has 3 aromatic carbocycles. The van der Waals surface area contributed by atoms with Crippen molar-refractivity contribution in [3.05, 3.63) is 113 Å². The minimum absolute atomic E-state index is 0.220. The average molecular weight is 507 g/mol. The number of allylic oxidation sites excluding steroid dienone is 1. The molecule has 0 spiro atoms. The maximum Gasteiger partial charge on any atom is 0.410 e. The Morgan fingerprint density at radius 3 is 2.24 bits per heavy atom. The first-order chi connectivity index (χ1) is 18.7. The van der Waals surface area contributed by atoms with Crippen molar-refractivity contribution >= 4 is 23.1 Å². The first-order valence-corrected chi connectivity index (χ1v) is 13.4. The average Bonchev–Trinajstić information content (AvgIpc) is 2.97. The van der Waals surface area contributed by atoms with Gasteiger partial charge < -0.3 is 14.4 Å². The Morgan fingerprint density at radius 1 is 0.895 bits per heavy atom. The van der Waals surface area contributed by atoms with Gasteiger partial charge in [0.15, 0.2) is 0 Å². The molecule has 0 unspecified atom stereocenters. The van der Waals surface area contributed by atoms with Gasteiger partial charge in [0.2, 0.25) is 0 Å². The second-order valence-corrected chi connectivity index (χ2v) is 9.85. The van der Waals surface area contributed by atoms with Crippen LogP contribution in [0.1, 0.15) is 41.6 Å². The van der Waals surface area contributed by atoms with E-state index < -0.39 is 0 Å². The highest BCUT2D eigenvalue weighted by Crippen LogP contribution is 2.32. The number of fused-ring (bicyclic) bond motifs is 1. The van der Waals surface area contributed by atoms with Gasteiger partial charge in [-0.3, -0.25) is 0 Å².